The Balaban J connectivity index is 1.32. The summed E-state index contributed by atoms with van der Waals surface area (Å²) < 4.78 is 2.08. The van der Waals surface area contributed by atoms with Crippen LogP contribution in [0.15, 0.2) is 41.8 Å². The van der Waals surface area contributed by atoms with E-state index in [1.165, 1.54) is 24.1 Å². The van der Waals surface area contributed by atoms with E-state index in [-0.39, 0.29) is 0 Å². The molecule has 26 heavy (non-hydrogen) atoms. The van der Waals surface area contributed by atoms with Crippen molar-refractivity contribution >= 4 is 11.4 Å². The molecule has 0 atom stereocenters. The second-order valence-corrected chi connectivity index (χ2v) is 7.11. The second kappa shape index (κ2) is 6.61. The summed E-state index contributed by atoms with van der Waals surface area (Å²) in [6.45, 7) is 3.66. The van der Waals surface area contributed by atoms with Crippen LogP contribution in [0.3, 0.4) is 0 Å². The number of hydrogen-bond donors (Lipinski definition) is 0. The maximum absolute atomic E-state index is 4.82. The van der Waals surface area contributed by atoms with Crippen LogP contribution in [0.1, 0.15) is 42.0 Å². The smallest absolute Gasteiger partial charge is 0.173 e. The highest BCUT2D eigenvalue weighted by molar-refractivity contribution is 5.97. The summed E-state index contributed by atoms with van der Waals surface area (Å²) in [5.41, 5.74) is 5.62. The summed E-state index contributed by atoms with van der Waals surface area (Å²) in [5, 5.41) is 0. The lowest BCUT2D eigenvalue weighted by Gasteiger charge is -2.27. The summed E-state index contributed by atoms with van der Waals surface area (Å²) in [6, 6.07) is 6.09. The zero-order chi connectivity index (χ0) is 17.3. The monoisotopic (exact) mass is 346 g/mol. The Kier molecular flexibility index (Phi) is 3.97. The van der Waals surface area contributed by atoms with Crippen LogP contribution in [-0.4, -0.2) is 43.1 Å². The molecule has 0 saturated carbocycles. The van der Waals surface area contributed by atoms with Crippen LogP contribution in [-0.2, 0) is 19.5 Å². The van der Waals surface area contributed by atoms with Crippen molar-refractivity contribution in [2.45, 2.75) is 38.8 Å². The van der Waals surface area contributed by atoms with E-state index in [2.05, 4.69) is 25.5 Å². The van der Waals surface area contributed by atoms with Gasteiger partial charge in [-0.2, -0.15) is 0 Å². The standard InChI is InChI=1S/C20H22N6/c1-3-8-21-18(5-1)20-22-11-15-12-25(10-7-17(15)24-20)13-16-14-26-9-4-2-6-19(26)23-16/h2,4,6,9,11,14H,1,3,5,7-8,10,12-13H2. The van der Waals surface area contributed by atoms with Gasteiger partial charge < -0.3 is 4.40 Å². The van der Waals surface area contributed by atoms with Gasteiger partial charge in [0.1, 0.15) is 5.65 Å². The molecule has 0 aromatic carbocycles. The van der Waals surface area contributed by atoms with Gasteiger partial charge >= 0.3 is 0 Å². The average molecular weight is 346 g/mol. The number of nitrogens with zero attached hydrogens (tertiary/aromatic N) is 6. The Labute approximate surface area is 152 Å². The molecular weight excluding hydrogens is 324 g/mol. The molecule has 132 valence electrons. The highest BCUT2D eigenvalue weighted by Crippen LogP contribution is 2.20. The van der Waals surface area contributed by atoms with E-state index in [4.69, 9.17) is 9.97 Å². The number of hydrogen-bond acceptors (Lipinski definition) is 5. The molecule has 0 amide bonds. The second-order valence-electron chi connectivity index (χ2n) is 7.11. The van der Waals surface area contributed by atoms with E-state index in [0.717, 1.165) is 61.9 Å². The van der Waals surface area contributed by atoms with Crippen LogP contribution in [0.25, 0.3) is 5.65 Å². The number of rotatable bonds is 3. The average Bonchev–Trinajstić information content (AvgIpc) is 3.10. The van der Waals surface area contributed by atoms with Crippen molar-refractivity contribution in [3.05, 3.63) is 59.6 Å². The van der Waals surface area contributed by atoms with Gasteiger partial charge in [0.05, 0.1) is 17.1 Å². The van der Waals surface area contributed by atoms with Gasteiger partial charge in [-0.05, 0) is 31.4 Å². The van der Waals surface area contributed by atoms with E-state index in [1.807, 2.05) is 30.6 Å². The molecule has 3 aromatic heterocycles. The van der Waals surface area contributed by atoms with E-state index < -0.39 is 0 Å². The van der Waals surface area contributed by atoms with Crippen molar-refractivity contribution in [3.63, 3.8) is 0 Å². The minimum absolute atomic E-state index is 0.845. The molecule has 0 fully saturated rings. The van der Waals surface area contributed by atoms with Gasteiger partial charge in [0.2, 0.25) is 0 Å². The molecule has 0 bridgehead atoms. The van der Waals surface area contributed by atoms with Crippen LogP contribution in [0.2, 0.25) is 0 Å². The van der Waals surface area contributed by atoms with Crippen LogP contribution in [0, 0.1) is 0 Å². The molecule has 2 aliphatic heterocycles. The van der Waals surface area contributed by atoms with E-state index in [0.29, 0.717) is 0 Å². The summed E-state index contributed by atoms with van der Waals surface area (Å²) in [6.07, 6.45) is 10.5. The Morgan fingerprint density at radius 3 is 2.96 bits per heavy atom. The van der Waals surface area contributed by atoms with Gasteiger partial charge in [0.15, 0.2) is 5.82 Å². The highest BCUT2D eigenvalue weighted by Gasteiger charge is 2.21. The fourth-order valence-corrected chi connectivity index (χ4v) is 3.82. The topological polar surface area (TPSA) is 58.7 Å². The maximum atomic E-state index is 4.82. The largest absolute Gasteiger partial charge is 0.307 e. The SMILES string of the molecule is c1ccn2cc(CN3CCc4nc(C5=NCCCC5)ncc4C3)nc2c1. The van der Waals surface area contributed by atoms with E-state index in [1.54, 1.807) is 0 Å². The maximum Gasteiger partial charge on any atom is 0.173 e. The van der Waals surface area contributed by atoms with Gasteiger partial charge in [0.25, 0.3) is 0 Å². The Morgan fingerprint density at radius 1 is 1.08 bits per heavy atom. The van der Waals surface area contributed by atoms with Crippen LogP contribution in [0.5, 0.6) is 0 Å². The molecular formula is C20H22N6. The predicted molar refractivity (Wildman–Crippen MR) is 100 cm³/mol. The number of aliphatic imine (C=N–C) groups is 1. The van der Waals surface area contributed by atoms with Crippen molar-refractivity contribution in [3.8, 4) is 0 Å². The first-order valence-electron chi connectivity index (χ1n) is 9.38. The third-order valence-electron chi connectivity index (χ3n) is 5.19. The summed E-state index contributed by atoms with van der Waals surface area (Å²) in [5.74, 6) is 0.845. The molecule has 0 spiro atoms. The van der Waals surface area contributed by atoms with Crippen molar-refractivity contribution in [1.82, 2.24) is 24.3 Å². The Hall–Kier alpha value is -2.60. The summed E-state index contributed by atoms with van der Waals surface area (Å²) >= 11 is 0. The predicted octanol–water partition coefficient (Wildman–Crippen LogP) is 2.66. The van der Waals surface area contributed by atoms with Crippen molar-refractivity contribution in [2.75, 3.05) is 13.1 Å². The lowest BCUT2D eigenvalue weighted by molar-refractivity contribution is 0.240. The van der Waals surface area contributed by atoms with Gasteiger partial charge in [-0.3, -0.25) is 9.89 Å². The van der Waals surface area contributed by atoms with Crippen LogP contribution in [0.4, 0.5) is 0 Å². The quantitative estimate of drug-likeness (QED) is 0.731. The normalized spacial score (nSPS) is 17.9. The van der Waals surface area contributed by atoms with Crippen molar-refractivity contribution in [2.24, 2.45) is 4.99 Å². The Bertz CT molecular complexity index is 940. The molecule has 0 aliphatic carbocycles. The summed E-state index contributed by atoms with van der Waals surface area (Å²) in [4.78, 5) is 21.2. The minimum Gasteiger partial charge on any atom is -0.307 e. The van der Waals surface area contributed by atoms with Crippen LogP contribution < -0.4 is 0 Å². The molecule has 3 aromatic rings. The molecule has 5 rings (SSSR count). The number of pyridine rings is 1. The molecule has 5 heterocycles. The fraction of sp³-hybridized carbons (Fsp3) is 0.400. The van der Waals surface area contributed by atoms with Crippen molar-refractivity contribution in [1.29, 1.82) is 0 Å². The first-order chi connectivity index (χ1) is 12.8. The molecule has 0 unspecified atom stereocenters. The molecule has 2 aliphatic rings. The molecule has 6 heteroatoms. The Morgan fingerprint density at radius 2 is 2.08 bits per heavy atom. The number of aromatic nitrogens is 4. The summed E-state index contributed by atoms with van der Waals surface area (Å²) in [7, 11) is 0. The third kappa shape index (κ3) is 3.01. The lowest BCUT2D eigenvalue weighted by atomic mass is 10.1. The fourth-order valence-electron chi connectivity index (χ4n) is 3.82. The van der Waals surface area contributed by atoms with Gasteiger partial charge in [0, 0.05) is 56.8 Å². The van der Waals surface area contributed by atoms with Crippen LogP contribution >= 0.6 is 0 Å². The van der Waals surface area contributed by atoms with Crippen molar-refractivity contribution < 1.29 is 0 Å². The van der Waals surface area contributed by atoms with Gasteiger partial charge in [-0.15, -0.1) is 0 Å². The highest BCUT2D eigenvalue weighted by atomic mass is 15.2. The zero-order valence-corrected chi connectivity index (χ0v) is 14.8. The first kappa shape index (κ1) is 15.6. The van der Waals surface area contributed by atoms with Gasteiger partial charge in [-0.25, -0.2) is 15.0 Å². The molecule has 0 radical (unpaired) electrons. The van der Waals surface area contributed by atoms with E-state index >= 15 is 0 Å². The molecule has 6 nitrogen and oxygen atoms in total. The van der Waals surface area contributed by atoms with E-state index in [9.17, 15) is 0 Å². The lowest BCUT2D eigenvalue weighted by Crippen LogP contribution is -2.31. The third-order valence-corrected chi connectivity index (χ3v) is 5.19. The first-order valence-corrected chi connectivity index (χ1v) is 9.38. The molecule has 0 saturated heterocycles. The van der Waals surface area contributed by atoms with Gasteiger partial charge in [-0.1, -0.05) is 6.07 Å². The number of fused-ring (bicyclic) bond motifs is 2. The zero-order valence-electron chi connectivity index (χ0n) is 14.8. The molecule has 0 N–H and O–H groups in total. The number of imidazole rings is 1. The minimum atomic E-state index is 0.845.